The normalized spacial score (nSPS) is 11.0. The highest BCUT2D eigenvalue weighted by Gasteiger charge is 2.09. The van der Waals surface area contributed by atoms with Crippen LogP contribution in [0.5, 0.6) is 0 Å². The van der Waals surface area contributed by atoms with Crippen molar-refractivity contribution in [2.75, 3.05) is 6.67 Å². The maximum atomic E-state index is 12.5. The molecule has 22 heavy (non-hydrogen) atoms. The lowest BCUT2D eigenvalue weighted by Crippen LogP contribution is -2.24. The first-order valence-corrected chi connectivity index (χ1v) is 7.56. The minimum absolute atomic E-state index is 0.119. The molecule has 3 rings (SSSR count). The van der Waals surface area contributed by atoms with Gasteiger partial charge in [-0.05, 0) is 25.1 Å². The van der Waals surface area contributed by atoms with Crippen molar-refractivity contribution < 1.29 is 4.39 Å². The summed E-state index contributed by atoms with van der Waals surface area (Å²) in [4.78, 5) is 18.2. The monoisotopic (exact) mass is 319 g/mol. The quantitative estimate of drug-likeness (QED) is 0.720. The number of aromatic nitrogens is 5. The third-order valence-electron chi connectivity index (χ3n) is 3.14. The van der Waals surface area contributed by atoms with Crippen molar-refractivity contribution in [3.05, 3.63) is 51.6 Å². The number of hydrogen-bond acceptors (Lipinski definition) is 5. The molecule has 0 unspecified atom stereocenters. The summed E-state index contributed by atoms with van der Waals surface area (Å²) in [5, 5.41) is 8.31. The third kappa shape index (κ3) is 2.96. The average molecular weight is 319 g/mol. The molecule has 0 N–H and O–H groups in total. The van der Waals surface area contributed by atoms with Crippen LogP contribution in [-0.2, 0) is 13.1 Å². The Bertz CT molecular complexity index is 838. The SMILES string of the molecule is Cc1ccc(-c2ccc(=O)n(Cc3ncnn3CCF)n2)s1. The molecule has 0 aliphatic heterocycles. The molecule has 3 aromatic rings. The van der Waals surface area contributed by atoms with E-state index in [1.54, 1.807) is 17.4 Å². The molecule has 0 aliphatic rings. The van der Waals surface area contributed by atoms with Gasteiger partial charge in [0.15, 0.2) is 0 Å². The van der Waals surface area contributed by atoms with Gasteiger partial charge < -0.3 is 0 Å². The first-order chi connectivity index (χ1) is 10.7. The Morgan fingerprint density at radius 2 is 2.09 bits per heavy atom. The van der Waals surface area contributed by atoms with Crippen molar-refractivity contribution >= 4 is 11.3 Å². The summed E-state index contributed by atoms with van der Waals surface area (Å²) >= 11 is 1.61. The van der Waals surface area contributed by atoms with Gasteiger partial charge in [0, 0.05) is 10.9 Å². The standard InChI is InChI=1S/C14H14FN5OS/c1-10-2-4-12(22-10)11-3-5-14(21)20(18-11)8-13-16-9-17-19(13)7-6-15/h2-5,9H,6-8H2,1H3. The van der Waals surface area contributed by atoms with Crippen molar-refractivity contribution in [1.82, 2.24) is 24.5 Å². The van der Waals surface area contributed by atoms with Gasteiger partial charge in [-0.15, -0.1) is 11.3 Å². The van der Waals surface area contributed by atoms with E-state index in [0.717, 1.165) is 10.6 Å². The topological polar surface area (TPSA) is 65.6 Å². The molecular formula is C14H14FN5OS. The fourth-order valence-electron chi connectivity index (χ4n) is 2.08. The van der Waals surface area contributed by atoms with E-state index in [2.05, 4.69) is 15.2 Å². The third-order valence-corrected chi connectivity index (χ3v) is 4.17. The van der Waals surface area contributed by atoms with Gasteiger partial charge >= 0.3 is 0 Å². The highest BCUT2D eigenvalue weighted by Crippen LogP contribution is 2.25. The smallest absolute Gasteiger partial charge is 0.267 e. The average Bonchev–Trinajstić information content (AvgIpc) is 3.11. The maximum absolute atomic E-state index is 12.5. The number of aryl methyl sites for hydroxylation is 2. The summed E-state index contributed by atoms with van der Waals surface area (Å²) in [5.41, 5.74) is 0.501. The Kier molecular flexibility index (Phi) is 4.10. The Morgan fingerprint density at radius 3 is 2.82 bits per heavy atom. The molecule has 0 bridgehead atoms. The lowest BCUT2D eigenvalue weighted by Gasteiger charge is -2.07. The van der Waals surface area contributed by atoms with Crippen LogP contribution in [0.25, 0.3) is 10.6 Å². The molecule has 0 saturated heterocycles. The van der Waals surface area contributed by atoms with Crippen LogP contribution in [0, 0.1) is 6.92 Å². The second-order valence-corrected chi connectivity index (χ2v) is 6.00. The van der Waals surface area contributed by atoms with Crippen LogP contribution >= 0.6 is 11.3 Å². The van der Waals surface area contributed by atoms with E-state index in [9.17, 15) is 9.18 Å². The largest absolute Gasteiger partial charge is 0.268 e. The number of hydrogen-bond donors (Lipinski definition) is 0. The van der Waals surface area contributed by atoms with Gasteiger partial charge in [0.05, 0.1) is 11.4 Å². The Labute approximate surface area is 129 Å². The number of thiophene rings is 1. The Morgan fingerprint density at radius 1 is 1.23 bits per heavy atom. The van der Waals surface area contributed by atoms with Crippen LogP contribution in [0.2, 0.25) is 0 Å². The zero-order chi connectivity index (χ0) is 15.5. The van der Waals surface area contributed by atoms with E-state index in [4.69, 9.17) is 0 Å². The summed E-state index contributed by atoms with van der Waals surface area (Å²) in [6.07, 6.45) is 1.35. The van der Waals surface area contributed by atoms with Crippen molar-refractivity contribution in [1.29, 1.82) is 0 Å². The van der Waals surface area contributed by atoms with Crippen LogP contribution in [0.3, 0.4) is 0 Å². The summed E-state index contributed by atoms with van der Waals surface area (Å²) in [7, 11) is 0. The van der Waals surface area contributed by atoms with E-state index in [1.807, 2.05) is 19.1 Å². The second kappa shape index (κ2) is 6.18. The molecule has 0 fully saturated rings. The number of alkyl halides is 1. The molecule has 0 saturated carbocycles. The van der Waals surface area contributed by atoms with Crippen molar-refractivity contribution in [3.8, 4) is 10.6 Å². The second-order valence-electron chi connectivity index (χ2n) is 4.71. The summed E-state index contributed by atoms with van der Waals surface area (Å²) in [5.74, 6) is 0.506. The number of halogens is 1. The van der Waals surface area contributed by atoms with Gasteiger partial charge in [0.1, 0.15) is 31.1 Å². The molecule has 0 amide bonds. The van der Waals surface area contributed by atoms with Gasteiger partial charge in [0.25, 0.3) is 5.56 Å². The van der Waals surface area contributed by atoms with Crippen molar-refractivity contribution in [2.45, 2.75) is 20.0 Å². The molecule has 3 aromatic heterocycles. The van der Waals surface area contributed by atoms with Crippen LogP contribution < -0.4 is 5.56 Å². The van der Waals surface area contributed by atoms with E-state index in [0.29, 0.717) is 5.82 Å². The predicted molar refractivity (Wildman–Crippen MR) is 81.6 cm³/mol. The molecule has 8 heteroatoms. The minimum Gasteiger partial charge on any atom is -0.268 e. The first-order valence-electron chi connectivity index (χ1n) is 6.75. The fourth-order valence-corrected chi connectivity index (χ4v) is 2.91. The van der Waals surface area contributed by atoms with Gasteiger partial charge in [-0.3, -0.25) is 4.79 Å². The first kappa shape index (κ1) is 14.6. The van der Waals surface area contributed by atoms with Gasteiger partial charge in [-0.2, -0.15) is 10.2 Å². The molecule has 114 valence electrons. The highest BCUT2D eigenvalue weighted by atomic mass is 32.1. The van der Waals surface area contributed by atoms with E-state index in [1.165, 1.54) is 26.6 Å². The molecule has 3 heterocycles. The molecule has 0 radical (unpaired) electrons. The molecule has 6 nitrogen and oxygen atoms in total. The molecule has 0 atom stereocenters. The summed E-state index contributed by atoms with van der Waals surface area (Å²) in [6.45, 7) is 1.77. The number of rotatable bonds is 5. The fraction of sp³-hybridized carbons (Fsp3) is 0.286. The van der Waals surface area contributed by atoms with Crippen molar-refractivity contribution in [3.63, 3.8) is 0 Å². The van der Waals surface area contributed by atoms with Gasteiger partial charge in [-0.1, -0.05) is 0 Å². The van der Waals surface area contributed by atoms with Crippen LogP contribution in [0.4, 0.5) is 4.39 Å². The lowest BCUT2D eigenvalue weighted by atomic mass is 10.3. The molecular weight excluding hydrogens is 305 g/mol. The maximum Gasteiger partial charge on any atom is 0.267 e. The van der Waals surface area contributed by atoms with Gasteiger partial charge in [0.2, 0.25) is 0 Å². The van der Waals surface area contributed by atoms with Crippen LogP contribution in [0.1, 0.15) is 10.7 Å². The van der Waals surface area contributed by atoms with Crippen LogP contribution in [0.15, 0.2) is 35.4 Å². The van der Waals surface area contributed by atoms with Crippen LogP contribution in [-0.4, -0.2) is 31.2 Å². The summed E-state index contributed by atoms with van der Waals surface area (Å²) in [6, 6.07) is 7.17. The highest BCUT2D eigenvalue weighted by molar-refractivity contribution is 7.15. The zero-order valence-corrected chi connectivity index (χ0v) is 12.8. The number of nitrogens with zero attached hydrogens (tertiary/aromatic N) is 5. The Hall–Kier alpha value is -2.35. The van der Waals surface area contributed by atoms with E-state index >= 15 is 0 Å². The molecule has 0 aliphatic carbocycles. The van der Waals surface area contributed by atoms with Crippen molar-refractivity contribution in [2.24, 2.45) is 0 Å². The van der Waals surface area contributed by atoms with E-state index < -0.39 is 6.67 Å². The minimum atomic E-state index is -0.535. The zero-order valence-electron chi connectivity index (χ0n) is 11.9. The van der Waals surface area contributed by atoms with Gasteiger partial charge in [-0.25, -0.2) is 18.7 Å². The molecule has 0 spiro atoms. The molecule has 0 aromatic carbocycles. The van der Waals surface area contributed by atoms with E-state index in [-0.39, 0.29) is 18.6 Å². The Balaban J connectivity index is 1.93. The lowest BCUT2D eigenvalue weighted by molar-refractivity contribution is 0.413. The predicted octanol–water partition coefficient (Wildman–Crippen LogP) is 1.89. The summed E-state index contributed by atoms with van der Waals surface area (Å²) < 4.78 is 15.2.